The van der Waals surface area contributed by atoms with Crippen LogP contribution in [0.15, 0.2) is 30.3 Å². The first-order valence-electron chi connectivity index (χ1n) is 9.24. The molecule has 0 radical (unpaired) electrons. The van der Waals surface area contributed by atoms with E-state index < -0.39 is 35.9 Å². The van der Waals surface area contributed by atoms with E-state index in [1.807, 2.05) is 44.2 Å². The summed E-state index contributed by atoms with van der Waals surface area (Å²) in [6, 6.07) is 6.23. The lowest BCUT2D eigenvalue weighted by molar-refractivity contribution is -0.141. The van der Waals surface area contributed by atoms with Crippen LogP contribution in [-0.2, 0) is 25.6 Å². The molecular weight excluding hydrogens is 362 g/mol. The summed E-state index contributed by atoms with van der Waals surface area (Å²) in [5, 5.41) is 16.7. The number of hydrogen-bond acceptors (Lipinski definition) is 4. The molecule has 0 aliphatic carbocycles. The first-order valence-corrected chi connectivity index (χ1v) is 9.24. The predicted molar refractivity (Wildman–Crippen MR) is 104 cm³/mol. The number of amides is 3. The quantitative estimate of drug-likeness (QED) is 0.471. The lowest BCUT2D eigenvalue weighted by Crippen LogP contribution is -2.56. The third kappa shape index (κ3) is 8.20. The minimum absolute atomic E-state index is 0.149. The van der Waals surface area contributed by atoms with Crippen molar-refractivity contribution >= 4 is 23.7 Å². The highest BCUT2D eigenvalue weighted by Gasteiger charge is 2.28. The highest BCUT2D eigenvalue weighted by Crippen LogP contribution is 2.08. The maximum absolute atomic E-state index is 12.7. The van der Waals surface area contributed by atoms with E-state index in [-0.39, 0.29) is 18.2 Å². The molecule has 8 nitrogen and oxygen atoms in total. The fourth-order valence-corrected chi connectivity index (χ4v) is 2.66. The van der Waals surface area contributed by atoms with Crippen molar-refractivity contribution in [3.05, 3.63) is 35.9 Å². The lowest BCUT2D eigenvalue weighted by Gasteiger charge is -2.24. The van der Waals surface area contributed by atoms with E-state index in [4.69, 9.17) is 5.11 Å². The standard InChI is InChI=1S/C20H29N3O5/c1-12(2)10-16(22-14(4)24)19(26)23-17(11-15-8-6-5-7-9-15)18(25)21-13(3)20(27)28/h5-9,12-13,16-17H,10-11H2,1-4H3,(H,21,25)(H,22,24)(H,23,26)(H,27,28)/t13-,16-,17-/m0/s1. The van der Waals surface area contributed by atoms with E-state index in [0.29, 0.717) is 6.42 Å². The molecule has 0 unspecified atom stereocenters. The molecule has 1 aromatic rings. The summed E-state index contributed by atoms with van der Waals surface area (Å²) in [7, 11) is 0. The van der Waals surface area contributed by atoms with Crippen molar-refractivity contribution in [2.45, 2.75) is 58.7 Å². The van der Waals surface area contributed by atoms with Crippen LogP contribution in [0.5, 0.6) is 0 Å². The predicted octanol–water partition coefficient (Wildman–Crippen LogP) is 0.854. The molecular formula is C20H29N3O5. The maximum atomic E-state index is 12.7. The molecule has 0 aromatic heterocycles. The van der Waals surface area contributed by atoms with E-state index in [1.54, 1.807) is 0 Å². The van der Waals surface area contributed by atoms with Crippen molar-refractivity contribution in [3.63, 3.8) is 0 Å². The molecule has 0 spiro atoms. The van der Waals surface area contributed by atoms with Crippen molar-refractivity contribution < 1.29 is 24.3 Å². The highest BCUT2D eigenvalue weighted by molar-refractivity contribution is 5.93. The second-order valence-corrected chi connectivity index (χ2v) is 7.20. The molecule has 0 bridgehead atoms. The molecule has 0 heterocycles. The number of carbonyl (C=O) groups excluding carboxylic acids is 3. The average molecular weight is 391 g/mol. The number of carbonyl (C=O) groups is 4. The summed E-state index contributed by atoms with van der Waals surface area (Å²) >= 11 is 0. The van der Waals surface area contributed by atoms with E-state index in [2.05, 4.69) is 16.0 Å². The first kappa shape index (κ1) is 23.1. The molecule has 3 atom stereocenters. The van der Waals surface area contributed by atoms with Gasteiger partial charge in [0.05, 0.1) is 0 Å². The Morgan fingerprint density at radius 3 is 1.96 bits per heavy atom. The molecule has 1 aromatic carbocycles. The van der Waals surface area contributed by atoms with Crippen LogP contribution < -0.4 is 16.0 Å². The van der Waals surface area contributed by atoms with Gasteiger partial charge in [-0.25, -0.2) is 0 Å². The van der Waals surface area contributed by atoms with Gasteiger partial charge < -0.3 is 21.1 Å². The Bertz CT molecular complexity index is 690. The van der Waals surface area contributed by atoms with E-state index >= 15 is 0 Å². The van der Waals surface area contributed by atoms with Gasteiger partial charge in [0, 0.05) is 13.3 Å². The minimum atomic E-state index is -1.17. The zero-order valence-corrected chi connectivity index (χ0v) is 16.7. The Morgan fingerprint density at radius 1 is 0.893 bits per heavy atom. The highest BCUT2D eigenvalue weighted by atomic mass is 16.4. The smallest absolute Gasteiger partial charge is 0.325 e. The van der Waals surface area contributed by atoms with Gasteiger partial charge in [0.2, 0.25) is 17.7 Å². The number of rotatable bonds is 10. The fourth-order valence-electron chi connectivity index (χ4n) is 2.66. The molecule has 0 saturated heterocycles. The van der Waals surface area contributed by atoms with Crippen molar-refractivity contribution in [1.29, 1.82) is 0 Å². The summed E-state index contributed by atoms with van der Waals surface area (Å²) in [5.74, 6) is -2.45. The van der Waals surface area contributed by atoms with Gasteiger partial charge in [-0.1, -0.05) is 44.2 Å². The van der Waals surface area contributed by atoms with Gasteiger partial charge in [-0.3, -0.25) is 19.2 Å². The molecule has 0 aliphatic heterocycles. The number of nitrogens with one attached hydrogen (secondary N) is 3. The number of carboxylic acid groups (broad SMARTS) is 1. The Kier molecular flexibility index (Phi) is 9.14. The van der Waals surface area contributed by atoms with Gasteiger partial charge in [-0.2, -0.15) is 0 Å². The second-order valence-electron chi connectivity index (χ2n) is 7.20. The van der Waals surface area contributed by atoms with Crippen molar-refractivity contribution in [2.24, 2.45) is 5.92 Å². The zero-order valence-electron chi connectivity index (χ0n) is 16.7. The molecule has 154 valence electrons. The third-order valence-electron chi connectivity index (χ3n) is 4.05. The normalized spacial score (nSPS) is 13.9. The van der Waals surface area contributed by atoms with E-state index in [1.165, 1.54) is 13.8 Å². The van der Waals surface area contributed by atoms with Crippen LogP contribution in [0.1, 0.15) is 39.7 Å². The summed E-state index contributed by atoms with van der Waals surface area (Å²) < 4.78 is 0. The van der Waals surface area contributed by atoms with Gasteiger partial charge in [0.1, 0.15) is 18.1 Å². The molecule has 4 N–H and O–H groups in total. The number of hydrogen-bond donors (Lipinski definition) is 4. The summed E-state index contributed by atoms with van der Waals surface area (Å²) in [4.78, 5) is 47.8. The van der Waals surface area contributed by atoms with Crippen molar-refractivity contribution in [1.82, 2.24) is 16.0 Å². The fraction of sp³-hybridized carbons (Fsp3) is 0.500. The molecule has 8 heteroatoms. The van der Waals surface area contributed by atoms with Crippen molar-refractivity contribution in [3.8, 4) is 0 Å². The summed E-state index contributed by atoms with van der Waals surface area (Å²) in [5.41, 5.74) is 0.811. The van der Waals surface area contributed by atoms with Gasteiger partial charge in [0.25, 0.3) is 0 Å². The van der Waals surface area contributed by atoms with Crippen LogP contribution in [0.25, 0.3) is 0 Å². The average Bonchev–Trinajstić information content (AvgIpc) is 2.60. The summed E-state index contributed by atoms with van der Waals surface area (Å²) in [6.45, 7) is 6.51. The summed E-state index contributed by atoms with van der Waals surface area (Å²) in [6.07, 6.45) is 0.607. The third-order valence-corrected chi connectivity index (χ3v) is 4.05. The Hall–Kier alpha value is -2.90. The van der Waals surface area contributed by atoms with Gasteiger partial charge >= 0.3 is 5.97 Å². The molecule has 1 rings (SSSR count). The topological polar surface area (TPSA) is 125 Å². The molecule has 28 heavy (non-hydrogen) atoms. The molecule has 0 fully saturated rings. The zero-order chi connectivity index (χ0) is 21.3. The van der Waals surface area contributed by atoms with Crippen LogP contribution in [0.4, 0.5) is 0 Å². The van der Waals surface area contributed by atoms with Crippen LogP contribution in [0.3, 0.4) is 0 Å². The number of benzene rings is 1. The van der Waals surface area contributed by atoms with E-state index in [9.17, 15) is 19.2 Å². The SMILES string of the molecule is CC(=O)N[C@@H](CC(C)C)C(=O)N[C@@H](Cc1ccccc1)C(=O)N[C@@H](C)C(=O)O. The monoisotopic (exact) mass is 391 g/mol. The van der Waals surface area contributed by atoms with Crippen LogP contribution in [-0.4, -0.2) is 46.9 Å². The van der Waals surface area contributed by atoms with Crippen LogP contribution >= 0.6 is 0 Å². The maximum Gasteiger partial charge on any atom is 0.325 e. The van der Waals surface area contributed by atoms with Crippen LogP contribution in [0, 0.1) is 5.92 Å². The molecule has 0 saturated carbocycles. The Labute approximate surface area is 165 Å². The van der Waals surface area contributed by atoms with Gasteiger partial charge in [0.15, 0.2) is 0 Å². The molecule has 0 aliphatic rings. The Morgan fingerprint density at radius 2 is 1.46 bits per heavy atom. The second kappa shape index (κ2) is 11.1. The number of carboxylic acids is 1. The first-order chi connectivity index (χ1) is 13.1. The van der Waals surface area contributed by atoms with Crippen LogP contribution in [0.2, 0.25) is 0 Å². The van der Waals surface area contributed by atoms with E-state index in [0.717, 1.165) is 5.56 Å². The minimum Gasteiger partial charge on any atom is -0.480 e. The number of aliphatic carboxylic acids is 1. The van der Waals surface area contributed by atoms with Gasteiger partial charge in [-0.15, -0.1) is 0 Å². The molecule has 3 amide bonds. The largest absolute Gasteiger partial charge is 0.480 e. The van der Waals surface area contributed by atoms with Gasteiger partial charge in [-0.05, 0) is 24.8 Å². The Balaban J connectivity index is 2.98. The van der Waals surface area contributed by atoms with Crippen molar-refractivity contribution in [2.75, 3.05) is 0 Å². The lowest BCUT2D eigenvalue weighted by atomic mass is 10.0.